The molecule has 2 bridgehead atoms. The Morgan fingerprint density at radius 3 is 1.88 bits per heavy atom. The minimum Gasteiger partial charge on any atom is -0.325 e. The molecule has 0 aromatic carbocycles. The summed E-state index contributed by atoms with van der Waals surface area (Å²) in [4.78, 5) is 0. The van der Waals surface area contributed by atoms with E-state index in [0.717, 1.165) is 38.5 Å². The van der Waals surface area contributed by atoms with Crippen molar-refractivity contribution in [1.29, 1.82) is 0 Å². The number of nitrogens with zero attached hydrogens (tertiary/aromatic N) is 1. The summed E-state index contributed by atoms with van der Waals surface area (Å²) in [5, 5.41) is 0. The Morgan fingerprint density at radius 2 is 1.50 bits per heavy atom. The highest BCUT2D eigenvalue weighted by Crippen LogP contribution is 2.45. The van der Waals surface area contributed by atoms with Crippen molar-refractivity contribution in [3.05, 3.63) is 0 Å². The van der Waals surface area contributed by atoms with Gasteiger partial charge in [-0.25, -0.2) is 0 Å². The van der Waals surface area contributed by atoms with Gasteiger partial charge in [0.1, 0.15) is 0 Å². The molecule has 16 heavy (non-hydrogen) atoms. The van der Waals surface area contributed by atoms with Crippen molar-refractivity contribution in [1.82, 2.24) is 9.03 Å². The van der Waals surface area contributed by atoms with Gasteiger partial charge in [0.2, 0.25) is 0 Å². The van der Waals surface area contributed by atoms with Gasteiger partial charge in [0.25, 0.3) is 10.2 Å². The van der Waals surface area contributed by atoms with Gasteiger partial charge in [-0.15, -0.1) is 0 Å². The monoisotopic (exact) mass is 247 g/mol. The molecule has 0 unspecified atom stereocenters. The van der Waals surface area contributed by atoms with Gasteiger partial charge in [0.05, 0.1) is 0 Å². The van der Waals surface area contributed by atoms with Crippen molar-refractivity contribution >= 4 is 10.2 Å². The lowest BCUT2D eigenvalue weighted by Crippen LogP contribution is -2.62. The Bertz CT molecular complexity index is 353. The summed E-state index contributed by atoms with van der Waals surface area (Å²) in [6, 6.07) is 0. The van der Waals surface area contributed by atoms with Crippen LogP contribution in [0.25, 0.3) is 0 Å². The minimum atomic E-state index is -3.32. The SMILES string of the molecule is CN(C)S(=O)(=O)NC12CCC(N)(CC1)CC2. The molecule has 0 aromatic heterocycles. The van der Waals surface area contributed by atoms with Gasteiger partial charge < -0.3 is 5.73 Å². The Hall–Kier alpha value is -0.170. The van der Waals surface area contributed by atoms with Gasteiger partial charge in [0, 0.05) is 25.2 Å². The van der Waals surface area contributed by atoms with Crippen LogP contribution in [0.4, 0.5) is 0 Å². The molecule has 0 amide bonds. The molecule has 0 saturated heterocycles. The fourth-order valence-electron chi connectivity index (χ4n) is 2.73. The lowest BCUT2D eigenvalue weighted by Gasteiger charge is -2.51. The number of rotatable bonds is 3. The van der Waals surface area contributed by atoms with Gasteiger partial charge >= 0.3 is 0 Å². The van der Waals surface area contributed by atoms with Crippen LogP contribution in [-0.2, 0) is 10.2 Å². The molecule has 3 fully saturated rings. The zero-order valence-electron chi connectivity index (χ0n) is 9.99. The lowest BCUT2D eigenvalue weighted by molar-refractivity contribution is 0.0986. The van der Waals surface area contributed by atoms with E-state index in [4.69, 9.17) is 5.73 Å². The van der Waals surface area contributed by atoms with Crippen molar-refractivity contribution in [2.75, 3.05) is 14.1 Å². The number of hydrogen-bond donors (Lipinski definition) is 2. The molecule has 0 atom stereocenters. The molecule has 0 spiro atoms. The standard InChI is InChI=1S/C10H21N3O2S/c1-13(2)16(14,15)12-10-6-3-9(11,4-7-10)5-8-10/h12H,3-8,11H2,1-2H3. The van der Waals surface area contributed by atoms with Crippen molar-refractivity contribution in [3.63, 3.8) is 0 Å². The van der Waals surface area contributed by atoms with Crippen LogP contribution in [0.15, 0.2) is 0 Å². The van der Waals surface area contributed by atoms with Crippen molar-refractivity contribution in [3.8, 4) is 0 Å². The second-order valence-electron chi connectivity index (χ2n) is 5.53. The summed E-state index contributed by atoms with van der Waals surface area (Å²) in [5.74, 6) is 0. The first-order valence-electron chi connectivity index (χ1n) is 5.77. The summed E-state index contributed by atoms with van der Waals surface area (Å²) < 4.78 is 27.8. The van der Waals surface area contributed by atoms with Crippen LogP contribution in [0.3, 0.4) is 0 Å². The predicted octanol–water partition coefficient (Wildman–Crippen LogP) is 0.187. The summed E-state index contributed by atoms with van der Waals surface area (Å²) in [5.41, 5.74) is 5.94. The van der Waals surface area contributed by atoms with Crippen molar-refractivity contribution in [2.24, 2.45) is 5.73 Å². The Labute approximate surface area is 97.6 Å². The van der Waals surface area contributed by atoms with E-state index in [2.05, 4.69) is 4.72 Å². The first kappa shape index (κ1) is 12.3. The van der Waals surface area contributed by atoms with E-state index in [1.807, 2.05) is 0 Å². The van der Waals surface area contributed by atoms with Crippen LogP contribution >= 0.6 is 0 Å². The summed E-state index contributed by atoms with van der Waals surface area (Å²) in [6.45, 7) is 0. The van der Waals surface area contributed by atoms with E-state index < -0.39 is 10.2 Å². The highest BCUT2D eigenvalue weighted by molar-refractivity contribution is 7.87. The normalized spacial score (nSPS) is 39.2. The van der Waals surface area contributed by atoms with Crippen LogP contribution in [-0.4, -0.2) is 37.9 Å². The molecule has 0 aliphatic heterocycles. The van der Waals surface area contributed by atoms with Gasteiger partial charge in [0.15, 0.2) is 0 Å². The number of nitrogens with one attached hydrogen (secondary N) is 1. The molecular weight excluding hydrogens is 226 g/mol. The molecule has 3 aliphatic rings. The zero-order chi connectivity index (χ0) is 12.0. The number of nitrogens with two attached hydrogens (primary N) is 1. The maximum atomic E-state index is 11.8. The fourth-order valence-corrected chi connectivity index (χ4v) is 3.77. The van der Waals surface area contributed by atoms with E-state index in [9.17, 15) is 8.42 Å². The van der Waals surface area contributed by atoms with Crippen LogP contribution in [0.1, 0.15) is 38.5 Å². The second kappa shape index (κ2) is 3.66. The lowest BCUT2D eigenvalue weighted by atomic mass is 9.62. The average molecular weight is 247 g/mol. The van der Waals surface area contributed by atoms with E-state index in [0.29, 0.717) is 0 Å². The van der Waals surface area contributed by atoms with Crippen LogP contribution in [0, 0.1) is 0 Å². The molecule has 0 heterocycles. The quantitative estimate of drug-likeness (QED) is 0.747. The summed E-state index contributed by atoms with van der Waals surface area (Å²) in [6.07, 6.45) is 5.42. The molecular formula is C10H21N3O2S. The fraction of sp³-hybridized carbons (Fsp3) is 1.00. The molecule has 0 aromatic rings. The molecule has 3 rings (SSSR count). The van der Waals surface area contributed by atoms with E-state index in [1.54, 1.807) is 14.1 Å². The second-order valence-corrected chi connectivity index (χ2v) is 7.42. The topological polar surface area (TPSA) is 75.4 Å². The first-order valence-corrected chi connectivity index (χ1v) is 7.21. The van der Waals surface area contributed by atoms with Gasteiger partial charge in [-0.05, 0) is 38.5 Å². The highest BCUT2D eigenvalue weighted by atomic mass is 32.2. The largest absolute Gasteiger partial charge is 0.325 e. The zero-order valence-corrected chi connectivity index (χ0v) is 10.8. The third kappa shape index (κ3) is 2.11. The maximum Gasteiger partial charge on any atom is 0.279 e. The minimum absolute atomic E-state index is 0.0225. The Morgan fingerprint density at radius 1 is 1.06 bits per heavy atom. The third-order valence-electron chi connectivity index (χ3n) is 4.13. The summed E-state index contributed by atoms with van der Waals surface area (Å²) >= 11 is 0. The Balaban J connectivity index is 2.12. The van der Waals surface area contributed by atoms with E-state index >= 15 is 0 Å². The molecule has 6 heteroatoms. The summed E-state index contributed by atoms with van der Waals surface area (Å²) in [7, 11) is -0.214. The Kier molecular flexibility index (Phi) is 2.81. The van der Waals surface area contributed by atoms with E-state index in [-0.39, 0.29) is 11.1 Å². The average Bonchev–Trinajstić information content (AvgIpc) is 2.20. The van der Waals surface area contributed by atoms with Gasteiger partial charge in [-0.3, -0.25) is 0 Å². The third-order valence-corrected chi connectivity index (χ3v) is 5.78. The smallest absolute Gasteiger partial charge is 0.279 e. The molecule has 0 radical (unpaired) electrons. The molecule has 3 saturated carbocycles. The van der Waals surface area contributed by atoms with Gasteiger partial charge in [-0.2, -0.15) is 17.4 Å². The number of hydrogen-bond acceptors (Lipinski definition) is 3. The maximum absolute atomic E-state index is 11.8. The molecule has 3 aliphatic carbocycles. The molecule has 94 valence electrons. The predicted molar refractivity (Wildman–Crippen MR) is 63.1 cm³/mol. The number of fused-ring (bicyclic) bond motifs is 3. The van der Waals surface area contributed by atoms with Crippen molar-refractivity contribution < 1.29 is 8.42 Å². The van der Waals surface area contributed by atoms with Gasteiger partial charge in [-0.1, -0.05) is 0 Å². The molecule has 3 N–H and O–H groups in total. The van der Waals surface area contributed by atoms with Crippen LogP contribution in [0.2, 0.25) is 0 Å². The van der Waals surface area contributed by atoms with Crippen LogP contribution in [0.5, 0.6) is 0 Å². The highest BCUT2D eigenvalue weighted by Gasteiger charge is 2.48. The van der Waals surface area contributed by atoms with E-state index in [1.165, 1.54) is 4.31 Å². The first-order chi connectivity index (χ1) is 7.27. The van der Waals surface area contributed by atoms with Crippen molar-refractivity contribution in [2.45, 2.75) is 49.6 Å². The van der Waals surface area contributed by atoms with Crippen LogP contribution < -0.4 is 10.5 Å². The molecule has 5 nitrogen and oxygen atoms in total.